The molecular formula is C16H16O5S. The highest BCUT2D eigenvalue weighted by Crippen LogP contribution is 2.25. The van der Waals surface area contributed by atoms with Crippen molar-refractivity contribution in [2.45, 2.75) is 18.7 Å². The number of carbonyl (C=O) groups excluding carboxylic acids is 1. The summed E-state index contributed by atoms with van der Waals surface area (Å²) in [4.78, 5) is 11.8. The maximum Gasteiger partial charge on any atom is 0.341 e. The van der Waals surface area contributed by atoms with E-state index in [1.54, 1.807) is 6.07 Å². The summed E-state index contributed by atoms with van der Waals surface area (Å²) in [7, 11) is 1.21. The number of hydrogen-bond donors (Lipinski definition) is 1. The maximum atomic E-state index is 12.3. The number of rotatable bonds is 4. The number of methoxy groups -OCH3 is 1. The SMILES string of the molecule is COC(=O)c1cc(S(=O)Oc2ccc(C)cc2C)ccc1O. The highest BCUT2D eigenvalue weighted by Gasteiger charge is 2.16. The van der Waals surface area contributed by atoms with E-state index >= 15 is 0 Å². The molecule has 2 aromatic rings. The topological polar surface area (TPSA) is 72.8 Å². The molecule has 6 heteroatoms. The molecule has 5 nitrogen and oxygen atoms in total. The van der Waals surface area contributed by atoms with E-state index in [9.17, 15) is 14.1 Å². The highest BCUT2D eigenvalue weighted by molar-refractivity contribution is 7.80. The van der Waals surface area contributed by atoms with E-state index in [2.05, 4.69) is 4.74 Å². The van der Waals surface area contributed by atoms with Gasteiger partial charge in [0.2, 0.25) is 11.1 Å². The van der Waals surface area contributed by atoms with E-state index in [4.69, 9.17) is 4.18 Å². The fourth-order valence-corrected chi connectivity index (χ4v) is 2.75. The summed E-state index contributed by atoms with van der Waals surface area (Å²) in [5.41, 5.74) is 1.88. The Kier molecular flexibility index (Phi) is 4.82. The summed E-state index contributed by atoms with van der Waals surface area (Å²) in [5, 5.41) is 9.64. The minimum absolute atomic E-state index is 0.0578. The van der Waals surface area contributed by atoms with Crippen LogP contribution in [-0.4, -0.2) is 22.4 Å². The third-order valence-corrected chi connectivity index (χ3v) is 4.03. The number of hydrogen-bond acceptors (Lipinski definition) is 5. The first-order chi connectivity index (χ1) is 10.4. The Morgan fingerprint density at radius 2 is 1.86 bits per heavy atom. The van der Waals surface area contributed by atoms with Crippen molar-refractivity contribution in [1.29, 1.82) is 0 Å². The monoisotopic (exact) mass is 320 g/mol. The number of aromatic hydroxyl groups is 1. The predicted molar refractivity (Wildman–Crippen MR) is 82.4 cm³/mol. The lowest BCUT2D eigenvalue weighted by molar-refractivity contribution is 0.0597. The first kappa shape index (κ1) is 16.0. The van der Waals surface area contributed by atoms with Gasteiger partial charge in [-0.3, -0.25) is 0 Å². The molecule has 0 radical (unpaired) electrons. The van der Waals surface area contributed by atoms with Gasteiger partial charge in [0.1, 0.15) is 17.1 Å². The number of phenols is 1. The molecule has 0 bridgehead atoms. The smallest absolute Gasteiger partial charge is 0.341 e. The minimum Gasteiger partial charge on any atom is -0.507 e. The Morgan fingerprint density at radius 1 is 1.14 bits per heavy atom. The van der Waals surface area contributed by atoms with Crippen LogP contribution >= 0.6 is 0 Å². The lowest BCUT2D eigenvalue weighted by Crippen LogP contribution is -2.06. The van der Waals surface area contributed by atoms with Gasteiger partial charge >= 0.3 is 5.97 Å². The number of carbonyl (C=O) groups is 1. The van der Waals surface area contributed by atoms with Crippen LogP contribution in [0.3, 0.4) is 0 Å². The van der Waals surface area contributed by atoms with Crippen LogP contribution < -0.4 is 4.18 Å². The molecule has 0 fully saturated rings. The van der Waals surface area contributed by atoms with Gasteiger partial charge in [0, 0.05) is 0 Å². The molecule has 0 heterocycles. The Bertz CT molecular complexity index is 739. The van der Waals surface area contributed by atoms with Gasteiger partial charge in [-0.05, 0) is 43.7 Å². The molecule has 2 aromatic carbocycles. The molecule has 2 rings (SSSR count). The summed E-state index contributed by atoms with van der Waals surface area (Å²) < 4.78 is 22.3. The number of phenolic OH excluding ortho intramolecular Hbond substituents is 1. The molecule has 116 valence electrons. The van der Waals surface area contributed by atoms with Crippen LogP contribution in [0.2, 0.25) is 0 Å². The second kappa shape index (κ2) is 6.62. The van der Waals surface area contributed by atoms with Crippen molar-refractivity contribution in [2.24, 2.45) is 0 Å². The summed E-state index contributed by atoms with van der Waals surface area (Å²) in [6.45, 7) is 3.81. The van der Waals surface area contributed by atoms with E-state index in [1.165, 1.54) is 25.3 Å². The molecule has 1 unspecified atom stereocenters. The van der Waals surface area contributed by atoms with Crippen molar-refractivity contribution >= 4 is 17.0 Å². The normalized spacial score (nSPS) is 11.8. The molecule has 22 heavy (non-hydrogen) atoms. The van der Waals surface area contributed by atoms with Gasteiger partial charge in [-0.25, -0.2) is 9.00 Å². The summed E-state index contributed by atoms with van der Waals surface area (Å²) in [5.74, 6) is -0.446. The van der Waals surface area contributed by atoms with Crippen molar-refractivity contribution in [3.05, 3.63) is 53.1 Å². The molecule has 0 saturated carbocycles. The molecule has 0 aliphatic heterocycles. The van der Waals surface area contributed by atoms with Gasteiger partial charge in [0.05, 0.1) is 12.0 Å². The van der Waals surface area contributed by atoms with Crippen molar-refractivity contribution in [3.8, 4) is 11.5 Å². The Labute approximate surface area is 131 Å². The van der Waals surface area contributed by atoms with Crippen LogP contribution in [0, 0.1) is 13.8 Å². The minimum atomic E-state index is -1.81. The Hall–Kier alpha value is -2.34. The van der Waals surface area contributed by atoms with Crippen LogP contribution in [0.25, 0.3) is 0 Å². The zero-order valence-electron chi connectivity index (χ0n) is 12.5. The van der Waals surface area contributed by atoms with E-state index in [1.807, 2.05) is 26.0 Å². The second-order valence-electron chi connectivity index (χ2n) is 4.76. The average Bonchev–Trinajstić information content (AvgIpc) is 2.49. The van der Waals surface area contributed by atoms with Crippen LogP contribution in [0.4, 0.5) is 0 Å². The molecule has 0 amide bonds. The fourth-order valence-electron chi connectivity index (χ4n) is 1.91. The summed E-state index contributed by atoms with van der Waals surface area (Å²) in [6, 6.07) is 9.52. The Balaban J connectivity index is 2.28. The van der Waals surface area contributed by atoms with Crippen LogP contribution in [0.1, 0.15) is 21.5 Å². The van der Waals surface area contributed by atoms with Crippen LogP contribution in [-0.2, 0) is 15.8 Å². The van der Waals surface area contributed by atoms with E-state index in [-0.39, 0.29) is 16.2 Å². The molecule has 1 atom stereocenters. The van der Waals surface area contributed by atoms with Gasteiger partial charge in [-0.2, -0.15) is 0 Å². The van der Waals surface area contributed by atoms with E-state index in [0.717, 1.165) is 11.1 Å². The zero-order valence-corrected chi connectivity index (χ0v) is 13.3. The lowest BCUT2D eigenvalue weighted by atomic mass is 10.1. The molecule has 0 aliphatic rings. The maximum absolute atomic E-state index is 12.3. The Morgan fingerprint density at radius 3 is 2.50 bits per heavy atom. The molecule has 0 aromatic heterocycles. The van der Waals surface area contributed by atoms with Crippen molar-refractivity contribution in [2.75, 3.05) is 7.11 Å². The quantitative estimate of drug-likeness (QED) is 0.877. The lowest BCUT2D eigenvalue weighted by Gasteiger charge is -2.09. The third kappa shape index (κ3) is 3.46. The van der Waals surface area contributed by atoms with E-state index in [0.29, 0.717) is 5.75 Å². The molecule has 0 spiro atoms. The standard InChI is InChI=1S/C16H16O5S/c1-10-4-7-15(11(2)8-10)21-22(19)12-5-6-14(17)13(9-12)16(18)20-3/h4-9,17H,1-3H3. The predicted octanol–water partition coefficient (Wildman–Crippen LogP) is 2.90. The van der Waals surface area contributed by atoms with Gasteiger partial charge in [-0.15, -0.1) is 0 Å². The average molecular weight is 320 g/mol. The molecule has 0 saturated heterocycles. The van der Waals surface area contributed by atoms with Gasteiger partial charge in [0.15, 0.2) is 0 Å². The first-order valence-electron chi connectivity index (χ1n) is 6.51. The van der Waals surface area contributed by atoms with Crippen molar-refractivity contribution < 1.29 is 23.0 Å². The summed E-state index contributed by atoms with van der Waals surface area (Å²) >= 11 is -1.81. The molecule has 1 N–H and O–H groups in total. The number of aryl methyl sites for hydroxylation is 2. The number of ether oxygens (including phenoxy) is 1. The van der Waals surface area contributed by atoms with Gasteiger partial charge in [-0.1, -0.05) is 17.7 Å². The summed E-state index contributed by atoms with van der Waals surface area (Å²) in [6.07, 6.45) is 0. The highest BCUT2D eigenvalue weighted by atomic mass is 32.2. The van der Waals surface area contributed by atoms with Gasteiger partial charge < -0.3 is 14.0 Å². The van der Waals surface area contributed by atoms with Crippen molar-refractivity contribution in [3.63, 3.8) is 0 Å². The third-order valence-electron chi connectivity index (χ3n) is 3.06. The van der Waals surface area contributed by atoms with Crippen LogP contribution in [0.15, 0.2) is 41.3 Å². The van der Waals surface area contributed by atoms with E-state index < -0.39 is 17.0 Å². The molecule has 0 aliphatic carbocycles. The fraction of sp³-hybridized carbons (Fsp3) is 0.188. The molecular weight excluding hydrogens is 304 g/mol. The number of esters is 1. The van der Waals surface area contributed by atoms with Crippen molar-refractivity contribution in [1.82, 2.24) is 0 Å². The van der Waals surface area contributed by atoms with Gasteiger partial charge in [0.25, 0.3) is 0 Å². The first-order valence-corrected chi connectivity index (χ1v) is 7.58. The number of benzene rings is 2. The van der Waals surface area contributed by atoms with Crippen LogP contribution in [0.5, 0.6) is 11.5 Å². The zero-order chi connectivity index (χ0) is 16.3. The largest absolute Gasteiger partial charge is 0.507 e. The second-order valence-corrected chi connectivity index (χ2v) is 5.87.